The first-order valence-electron chi connectivity index (χ1n) is 15.3. The molecule has 1 saturated heterocycles. The smallest absolute Gasteiger partial charge is 0.410 e. The van der Waals surface area contributed by atoms with Crippen LogP contribution in [-0.2, 0) is 4.74 Å². The Bertz CT molecular complexity index is 1710. The van der Waals surface area contributed by atoms with Crippen molar-refractivity contribution in [2.75, 3.05) is 30.3 Å². The fourth-order valence-corrected chi connectivity index (χ4v) is 5.56. The second kappa shape index (κ2) is 12.1. The molecule has 11 heteroatoms. The topological polar surface area (TPSA) is 102 Å². The van der Waals surface area contributed by atoms with Gasteiger partial charge in [0.2, 0.25) is 11.8 Å². The maximum Gasteiger partial charge on any atom is 0.410 e. The van der Waals surface area contributed by atoms with Gasteiger partial charge in [0, 0.05) is 66.9 Å². The highest BCUT2D eigenvalue weighted by Crippen LogP contribution is 2.48. The van der Waals surface area contributed by atoms with Gasteiger partial charge in [-0.1, -0.05) is 24.3 Å². The van der Waals surface area contributed by atoms with E-state index in [0.717, 1.165) is 34.9 Å². The molecule has 4 aromatic rings. The van der Waals surface area contributed by atoms with Crippen LogP contribution in [0.5, 0.6) is 11.6 Å². The number of hydrogen-bond acceptors (Lipinski definition) is 8. The SMILES string of the molecule is Cc1ccc2c(NC[C@@H]3CC3(F)F)cccc2c1Oc1ncccc1-c1ccnc(NC2CCCN(C(=O)OC(C)(C)C)C2)n1. The Morgan fingerprint density at radius 1 is 1.07 bits per heavy atom. The Morgan fingerprint density at radius 3 is 2.67 bits per heavy atom. The Labute approximate surface area is 261 Å². The molecule has 0 bridgehead atoms. The number of hydrogen-bond donors (Lipinski definition) is 2. The summed E-state index contributed by atoms with van der Waals surface area (Å²) < 4.78 is 39.0. The summed E-state index contributed by atoms with van der Waals surface area (Å²) in [7, 11) is 0. The summed E-state index contributed by atoms with van der Waals surface area (Å²) in [6.07, 6.45) is 4.65. The van der Waals surface area contributed by atoms with E-state index in [1.54, 1.807) is 23.4 Å². The first-order chi connectivity index (χ1) is 21.5. The number of carbonyl (C=O) groups excluding carboxylic acids is 1. The lowest BCUT2D eigenvalue weighted by Gasteiger charge is -2.34. The number of rotatable bonds is 8. The van der Waals surface area contributed by atoms with Crippen LogP contribution < -0.4 is 15.4 Å². The van der Waals surface area contributed by atoms with Crippen LogP contribution >= 0.6 is 0 Å². The van der Waals surface area contributed by atoms with Gasteiger partial charge >= 0.3 is 6.09 Å². The molecule has 1 amide bonds. The number of likely N-dealkylation sites (tertiary alicyclic amines) is 1. The fraction of sp³-hybridized carbons (Fsp3) is 0.412. The number of nitrogens with one attached hydrogen (secondary N) is 2. The minimum absolute atomic E-state index is 0.0292. The van der Waals surface area contributed by atoms with Gasteiger partial charge in [-0.25, -0.2) is 28.5 Å². The highest BCUT2D eigenvalue weighted by molar-refractivity contribution is 5.98. The monoisotopic (exact) mass is 616 g/mol. The van der Waals surface area contributed by atoms with Crippen molar-refractivity contribution in [1.29, 1.82) is 0 Å². The van der Waals surface area contributed by atoms with E-state index in [1.165, 1.54) is 0 Å². The number of halogens is 2. The Morgan fingerprint density at radius 2 is 1.89 bits per heavy atom. The number of aromatic nitrogens is 3. The number of fused-ring (bicyclic) bond motifs is 1. The predicted molar refractivity (Wildman–Crippen MR) is 170 cm³/mol. The van der Waals surface area contributed by atoms with Crippen molar-refractivity contribution in [1.82, 2.24) is 19.9 Å². The minimum Gasteiger partial charge on any atom is -0.444 e. The largest absolute Gasteiger partial charge is 0.444 e. The second-order valence-electron chi connectivity index (χ2n) is 12.8. The van der Waals surface area contributed by atoms with Crippen LogP contribution in [0.4, 0.5) is 25.2 Å². The van der Waals surface area contributed by atoms with E-state index in [0.29, 0.717) is 41.9 Å². The number of piperidine rings is 1. The number of ether oxygens (including phenoxy) is 2. The fourth-order valence-electron chi connectivity index (χ4n) is 5.56. The summed E-state index contributed by atoms with van der Waals surface area (Å²) in [5.41, 5.74) is 2.44. The van der Waals surface area contributed by atoms with Crippen LogP contribution in [0, 0.1) is 12.8 Å². The van der Waals surface area contributed by atoms with Crippen LogP contribution in [-0.4, -0.2) is 63.1 Å². The number of nitrogens with zero attached hydrogens (tertiary/aromatic N) is 4. The third-order valence-corrected chi connectivity index (χ3v) is 8.01. The zero-order valence-electron chi connectivity index (χ0n) is 25.9. The lowest BCUT2D eigenvalue weighted by atomic mass is 10.0. The van der Waals surface area contributed by atoms with Gasteiger partial charge in [-0.2, -0.15) is 0 Å². The summed E-state index contributed by atoms with van der Waals surface area (Å²) in [6, 6.07) is 15.1. The normalized spacial score (nSPS) is 19.2. The number of aryl methyl sites for hydroxylation is 1. The maximum absolute atomic E-state index is 13.5. The molecule has 1 aliphatic heterocycles. The molecule has 9 nitrogen and oxygen atoms in total. The molecule has 6 rings (SSSR count). The number of carbonyl (C=O) groups is 1. The van der Waals surface area contributed by atoms with E-state index in [2.05, 4.69) is 20.6 Å². The van der Waals surface area contributed by atoms with Crippen LogP contribution in [0.1, 0.15) is 45.6 Å². The molecule has 2 atom stereocenters. The lowest BCUT2D eigenvalue weighted by molar-refractivity contribution is 0.0206. The quantitative estimate of drug-likeness (QED) is 0.208. The van der Waals surface area contributed by atoms with E-state index in [4.69, 9.17) is 14.5 Å². The third kappa shape index (κ3) is 7.08. The number of benzene rings is 2. The molecule has 3 heterocycles. The van der Waals surface area contributed by atoms with E-state index in [-0.39, 0.29) is 25.1 Å². The predicted octanol–water partition coefficient (Wildman–Crippen LogP) is 7.67. The van der Waals surface area contributed by atoms with Crippen molar-refractivity contribution >= 4 is 28.5 Å². The zero-order chi connectivity index (χ0) is 31.8. The summed E-state index contributed by atoms with van der Waals surface area (Å²) in [5.74, 6) is -1.77. The van der Waals surface area contributed by atoms with Crippen LogP contribution in [0.25, 0.3) is 22.0 Å². The molecule has 1 aliphatic carbocycles. The Balaban J connectivity index is 1.21. The molecule has 2 aromatic carbocycles. The summed E-state index contributed by atoms with van der Waals surface area (Å²) >= 11 is 0. The maximum atomic E-state index is 13.5. The van der Waals surface area contributed by atoms with Gasteiger partial charge in [-0.05, 0) is 70.4 Å². The van der Waals surface area contributed by atoms with E-state index < -0.39 is 17.4 Å². The van der Waals surface area contributed by atoms with Gasteiger partial charge in [0.1, 0.15) is 11.4 Å². The van der Waals surface area contributed by atoms with Gasteiger partial charge in [-0.3, -0.25) is 0 Å². The van der Waals surface area contributed by atoms with Crippen molar-refractivity contribution in [2.24, 2.45) is 5.92 Å². The summed E-state index contributed by atoms with van der Waals surface area (Å²) in [6.45, 7) is 8.88. The summed E-state index contributed by atoms with van der Waals surface area (Å²) in [4.78, 5) is 28.1. The molecule has 2 aliphatic rings. The highest BCUT2D eigenvalue weighted by atomic mass is 19.3. The van der Waals surface area contributed by atoms with Gasteiger partial charge in [0.25, 0.3) is 5.92 Å². The third-order valence-electron chi connectivity index (χ3n) is 8.01. The highest BCUT2D eigenvalue weighted by Gasteiger charge is 2.56. The van der Waals surface area contributed by atoms with Crippen molar-refractivity contribution in [3.63, 3.8) is 0 Å². The molecule has 2 fully saturated rings. The van der Waals surface area contributed by atoms with Crippen molar-refractivity contribution in [2.45, 2.75) is 64.5 Å². The Hall–Kier alpha value is -4.54. The molecule has 236 valence electrons. The summed E-state index contributed by atoms with van der Waals surface area (Å²) in [5, 5.41) is 8.32. The number of pyridine rings is 1. The van der Waals surface area contributed by atoms with Crippen LogP contribution in [0.15, 0.2) is 60.9 Å². The second-order valence-corrected chi connectivity index (χ2v) is 12.8. The van der Waals surface area contributed by atoms with Crippen molar-refractivity contribution in [3.05, 3.63) is 66.5 Å². The number of alkyl halides is 2. The number of anilines is 2. The van der Waals surface area contributed by atoms with Crippen molar-refractivity contribution in [3.8, 4) is 22.9 Å². The molecule has 2 aromatic heterocycles. The molecular weight excluding hydrogens is 578 g/mol. The average molecular weight is 617 g/mol. The molecule has 1 saturated carbocycles. The van der Waals surface area contributed by atoms with E-state index in [9.17, 15) is 13.6 Å². The standard InChI is InChI=1S/C34H38F2N6O3/c1-21-12-13-24-25(9-5-11-27(24)39-19-22-18-34(22,35)36)29(21)44-30-26(10-6-15-37-30)28-14-16-38-31(41-28)40-23-8-7-17-42(20-23)32(43)45-33(2,3)4/h5-6,9-16,22-23,39H,7-8,17-20H2,1-4H3,(H,38,40,41)/t22-,23?/m0/s1. The lowest BCUT2D eigenvalue weighted by Crippen LogP contribution is -2.47. The van der Waals surface area contributed by atoms with Gasteiger partial charge < -0.3 is 25.0 Å². The molecule has 45 heavy (non-hydrogen) atoms. The van der Waals surface area contributed by atoms with Gasteiger partial charge in [0.05, 0.1) is 11.3 Å². The van der Waals surface area contributed by atoms with Crippen molar-refractivity contribution < 1.29 is 23.0 Å². The molecule has 0 radical (unpaired) electrons. The van der Waals surface area contributed by atoms with Gasteiger partial charge in [-0.15, -0.1) is 0 Å². The molecular formula is C34H38F2N6O3. The molecule has 2 N–H and O–H groups in total. The van der Waals surface area contributed by atoms with Crippen LogP contribution in [0.3, 0.4) is 0 Å². The van der Waals surface area contributed by atoms with E-state index >= 15 is 0 Å². The zero-order valence-corrected chi connectivity index (χ0v) is 25.9. The van der Waals surface area contributed by atoms with E-state index in [1.807, 2.05) is 70.2 Å². The first kappa shape index (κ1) is 30.5. The van der Waals surface area contributed by atoms with Crippen LogP contribution in [0.2, 0.25) is 0 Å². The molecule has 1 unspecified atom stereocenters. The Kier molecular flexibility index (Phi) is 8.20. The first-order valence-corrected chi connectivity index (χ1v) is 15.3. The molecule has 0 spiro atoms. The minimum atomic E-state index is -2.58. The average Bonchev–Trinajstić information content (AvgIpc) is 3.62. The van der Waals surface area contributed by atoms with Gasteiger partial charge in [0.15, 0.2) is 0 Å². The number of amides is 1.